The molecule has 4 aliphatic carbocycles. The number of ether oxygens (including phenoxy) is 4. The van der Waals surface area contributed by atoms with Crippen molar-refractivity contribution >= 4 is 23.6 Å². The first kappa shape index (κ1) is 22.9. The van der Waals surface area contributed by atoms with Gasteiger partial charge in [0.05, 0.1) is 38.6 Å². The van der Waals surface area contributed by atoms with Gasteiger partial charge in [-0.1, -0.05) is 0 Å². The fraction of sp³-hybridized carbons (Fsp3) is 0.577. The third-order valence-corrected chi connectivity index (χ3v) is 7.92. The molecule has 8 heteroatoms. The maximum absolute atomic E-state index is 12.8. The van der Waals surface area contributed by atoms with E-state index >= 15 is 0 Å². The summed E-state index contributed by atoms with van der Waals surface area (Å²) >= 11 is 0. The number of hydrogen-bond donors (Lipinski definition) is 0. The zero-order valence-corrected chi connectivity index (χ0v) is 19.7. The number of carbonyl (C=O) groups excluding carboxylic acids is 3. The lowest BCUT2D eigenvalue weighted by Crippen LogP contribution is -2.48. The second-order valence-electron chi connectivity index (χ2n) is 10.3. The summed E-state index contributed by atoms with van der Waals surface area (Å²) < 4.78 is 21.0. The molecule has 0 aromatic heterocycles. The van der Waals surface area contributed by atoms with Gasteiger partial charge in [0.2, 0.25) is 0 Å². The van der Waals surface area contributed by atoms with Crippen LogP contribution in [0.3, 0.4) is 0 Å². The molecule has 0 amide bonds. The van der Waals surface area contributed by atoms with Gasteiger partial charge in [-0.3, -0.25) is 0 Å². The predicted octanol–water partition coefficient (Wildman–Crippen LogP) is 3.45. The van der Waals surface area contributed by atoms with Gasteiger partial charge in [-0.25, -0.2) is 14.4 Å². The van der Waals surface area contributed by atoms with Crippen LogP contribution in [-0.2, 0) is 28.5 Å². The van der Waals surface area contributed by atoms with E-state index in [0.717, 1.165) is 17.8 Å². The van der Waals surface area contributed by atoms with Gasteiger partial charge >= 0.3 is 17.9 Å². The Balaban J connectivity index is 1.29. The highest BCUT2D eigenvalue weighted by Crippen LogP contribution is 2.60. The Hall–Kier alpha value is -2.87. The molecule has 0 unspecified atom stereocenters. The normalized spacial score (nSPS) is 29.7. The first-order valence-corrected chi connectivity index (χ1v) is 11.9. The van der Waals surface area contributed by atoms with E-state index in [4.69, 9.17) is 18.9 Å². The lowest BCUT2D eigenvalue weighted by atomic mass is 9.50. The first-order chi connectivity index (χ1) is 16.4. The molecule has 0 spiro atoms. The van der Waals surface area contributed by atoms with Crippen LogP contribution in [0.2, 0.25) is 0 Å². The molecule has 8 nitrogen and oxygen atoms in total. The molecule has 0 N–H and O–H groups in total. The van der Waals surface area contributed by atoms with Crippen LogP contribution in [0.25, 0.3) is 0 Å². The third kappa shape index (κ3) is 4.19. The van der Waals surface area contributed by atoms with Crippen LogP contribution < -0.4 is 4.90 Å². The van der Waals surface area contributed by atoms with Crippen molar-refractivity contribution in [1.82, 2.24) is 0 Å². The van der Waals surface area contributed by atoms with Crippen LogP contribution in [0.4, 0.5) is 5.69 Å². The molecule has 4 saturated carbocycles. The van der Waals surface area contributed by atoms with Crippen LogP contribution in [0, 0.1) is 23.2 Å². The van der Waals surface area contributed by atoms with Crippen molar-refractivity contribution in [2.45, 2.75) is 38.5 Å². The lowest BCUT2D eigenvalue weighted by Gasteiger charge is -2.56. The van der Waals surface area contributed by atoms with Gasteiger partial charge in [0.1, 0.15) is 12.4 Å². The minimum atomic E-state index is -0.664. The third-order valence-electron chi connectivity index (χ3n) is 7.92. The van der Waals surface area contributed by atoms with Gasteiger partial charge in [-0.15, -0.1) is 0 Å². The Kier molecular flexibility index (Phi) is 6.10. The molecule has 1 aromatic carbocycles. The molecule has 5 aliphatic rings. The van der Waals surface area contributed by atoms with E-state index in [1.165, 1.54) is 57.6 Å². The molecule has 4 fully saturated rings. The zero-order valence-electron chi connectivity index (χ0n) is 19.7. The van der Waals surface area contributed by atoms with E-state index in [2.05, 4.69) is 0 Å². The summed E-state index contributed by atoms with van der Waals surface area (Å²) in [5.74, 6) is 0.766. The van der Waals surface area contributed by atoms with Gasteiger partial charge in [-0.2, -0.15) is 0 Å². The Morgan fingerprint density at radius 1 is 0.912 bits per heavy atom. The average molecular weight is 470 g/mol. The average Bonchev–Trinajstić information content (AvgIpc) is 2.85. The highest BCUT2D eigenvalue weighted by molar-refractivity contribution is 6.03. The molecule has 0 radical (unpaired) electrons. The Bertz CT molecular complexity index is 977. The van der Waals surface area contributed by atoms with Gasteiger partial charge in [0.15, 0.2) is 0 Å². The van der Waals surface area contributed by atoms with E-state index in [-0.39, 0.29) is 36.0 Å². The first-order valence-electron chi connectivity index (χ1n) is 11.9. The Labute approximate surface area is 199 Å². The smallest absolute Gasteiger partial charge is 0.355 e. The van der Waals surface area contributed by atoms with Crippen LogP contribution >= 0.6 is 0 Å². The van der Waals surface area contributed by atoms with Crippen molar-refractivity contribution in [3.05, 3.63) is 41.1 Å². The topological polar surface area (TPSA) is 91.4 Å². The Morgan fingerprint density at radius 3 is 2.06 bits per heavy atom. The Morgan fingerprint density at radius 2 is 1.50 bits per heavy atom. The molecule has 0 saturated heterocycles. The SMILES string of the molecule is COC(=O)C1=C(C(=O)OC)N(c2ccc(C(=O)OCC34CC5CC(CC(C5)C3)C4)cc2)COC1. The molecule has 34 heavy (non-hydrogen) atoms. The van der Waals surface area contributed by atoms with Crippen molar-refractivity contribution in [3.63, 3.8) is 0 Å². The molecule has 1 aliphatic heterocycles. The van der Waals surface area contributed by atoms with Crippen molar-refractivity contribution < 1.29 is 33.3 Å². The summed E-state index contributed by atoms with van der Waals surface area (Å²) in [7, 11) is 2.49. The summed E-state index contributed by atoms with van der Waals surface area (Å²) in [6.45, 7) is 0.498. The minimum Gasteiger partial charge on any atom is -0.466 e. The second-order valence-corrected chi connectivity index (χ2v) is 10.3. The van der Waals surface area contributed by atoms with Crippen LogP contribution in [0.1, 0.15) is 48.9 Å². The number of benzene rings is 1. The summed E-state index contributed by atoms with van der Waals surface area (Å²) in [5, 5.41) is 0. The maximum atomic E-state index is 12.8. The number of anilines is 1. The van der Waals surface area contributed by atoms with Crippen molar-refractivity contribution in [1.29, 1.82) is 0 Å². The van der Waals surface area contributed by atoms with Gasteiger partial charge < -0.3 is 23.8 Å². The number of hydrogen-bond acceptors (Lipinski definition) is 8. The maximum Gasteiger partial charge on any atom is 0.355 e. The van der Waals surface area contributed by atoms with Gasteiger partial charge in [-0.05, 0) is 80.5 Å². The monoisotopic (exact) mass is 469 g/mol. The minimum absolute atomic E-state index is 0.0532. The summed E-state index contributed by atoms with van der Waals surface area (Å²) in [6.07, 6.45) is 7.62. The van der Waals surface area contributed by atoms with Crippen LogP contribution in [0.5, 0.6) is 0 Å². The van der Waals surface area contributed by atoms with Crippen LogP contribution in [0.15, 0.2) is 35.5 Å². The number of rotatable bonds is 6. The van der Waals surface area contributed by atoms with Crippen molar-refractivity contribution in [3.8, 4) is 0 Å². The van der Waals surface area contributed by atoms with E-state index in [0.29, 0.717) is 17.9 Å². The number of esters is 3. The molecule has 1 heterocycles. The van der Waals surface area contributed by atoms with E-state index in [9.17, 15) is 14.4 Å². The highest BCUT2D eigenvalue weighted by Gasteiger charge is 2.51. The van der Waals surface area contributed by atoms with Gasteiger partial charge in [0, 0.05) is 11.1 Å². The number of nitrogens with zero attached hydrogens (tertiary/aromatic N) is 1. The van der Waals surface area contributed by atoms with E-state index in [1.54, 1.807) is 24.3 Å². The molecule has 0 atom stereocenters. The summed E-state index contributed by atoms with van der Waals surface area (Å²) in [4.78, 5) is 39.0. The fourth-order valence-electron chi connectivity index (χ4n) is 6.89. The largest absolute Gasteiger partial charge is 0.466 e. The molecule has 182 valence electrons. The van der Waals surface area contributed by atoms with E-state index < -0.39 is 11.9 Å². The second kappa shape index (κ2) is 9.06. The molecular formula is C26H31NO7. The van der Waals surface area contributed by atoms with E-state index in [1.807, 2.05) is 0 Å². The summed E-state index contributed by atoms with van der Waals surface area (Å²) in [5.41, 5.74) is 1.35. The molecule has 6 rings (SSSR count). The quantitative estimate of drug-likeness (QED) is 0.462. The fourth-order valence-corrected chi connectivity index (χ4v) is 6.89. The van der Waals surface area contributed by atoms with Crippen molar-refractivity contribution in [2.24, 2.45) is 23.2 Å². The molecule has 1 aromatic rings. The lowest BCUT2D eigenvalue weighted by molar-refractivity contribution is -0.140. The molecular weight excluding hydrogens is 438 g/mol. The standard InChI is InChI=1S/C26H31NO7/c1-31-24(29)21-13-33-15-27(22(21)25(30)32-2)20-5-3-19(4-6-20)23(28)34-14-26-10-16-7-17(11-26)9-18(8-16)12-26/h3-6,16-18H,7-15H2,1-2H3. The molecule has 4 bridgehead atoms. The van der Waals surface area contributed by atoms with Gasteiger partial charge in [0.25, 0.3) is 0 Å². The number of methoxy groups -OCH3 is 2. The highest BCUT2D eigenvalue weighted by atomic mass is 16.5. The van der Waals surface area contributed by atoms with Crippen molar-refractivity contribution in [2.75, 3.05) is 39.1 Å². The summed E-state index contributed by atoms with van der Waals surface area (Å²) in [6, 6.07) is 6.74. The zero-order chi connectivity index (χ0) is 23.9. The van der Waals surface area contributed by atoms with Crippen LogP contribution in [-0.4, -0.2) is 52.1 Å². The predicted molar refractivity (Wildman–Crippen MR) is 122 cm³/mol. The number of carbonyl (C=O) groups is 3.